The third-order valence-electron chi connectivity index (χ3n) is 3.44. The topological polar surface area (TPSA) is 64.4 Å². The van der Waals surface area contributed by atoms with Gasteiger partial charge in [0, 0.05) is 24.7 Å². The van der Waals surface area contributed by atoms with E-state index in [4.69, 9.17) is 4.74 Å². The molecule has 116 valence electrons. The van der Waals surface area contributed by atoms with Crippen LogP contribution in [0.1, 0.15) is 24.1 Å². The monoisotopic (exact) mass is 304 g/mol. The van der Waals surface area contributed by atoms with Crippen LogP contribution in [0.4, 0.5) is 10.1 Å². The van der Waals surface area contributed by atoms with E-state index in [1.807, 2.05) is 6.92 Å². The number of rotatable bonds is 6. The van der Waals surface area contributed by atoms with Gasteiger partial charge in [-0.1, -0.05) is 18.2 Å². The van der Waals surface area contributed by atoms with Gasteiger partial charge in [-0.25, -0.2) is 4.39 Å². The summed E-state index contributed by atoms with van der Waals surface area (Å²) in [5.74, 6) is -0.185. The molecular formula is C16H17FN2O3. The van der Waals surface area contributed by atoms with E-state index in [-0.39, 0.29) is 17.5 Å². The van der Waals surface area contributed by atoms with Crippen molar-refractivity contribution in [1.82, 2.24) is 5.32 Å². The summed E-state index contributed by atoms with van der Waals surface area (Å²) in [6.07, 6.45) is 0. The quantitative estimate of drug-likeness (QED) is 0.654. The molecule has 1 N–H and O–H groups in total. The zero-order valence-corrected chi connectivity index (χ0v) is 12.4. The van der Waals surface area contributed by atoms with Crippen molar-refractivity contribution in [3.63, 3.8) is 0 Å². The van der Waals surface area contributed by atoms with Crippen LogP contribution in [0.5, 0.6) is 5.75 Å². The first-order valence-electron chi connectivity index (χ1n) is 6.81. The highest BCUT2D eigenvalue weighted by molar-refractivity contribution is 5.33. The largest absolute Gasteiger partial charge is 0.494 e. The number of nitro benzene ring substituents is 1. The van der Waals surface area contributed by atoms with E-state index in [0.717, 1.165) is 11.1 Å². The fourth-order valence-corrected chi connectivity index (χ4v) is 2.08. The molecule has 1 atom stereocenters. The summed E-state index contributed by atoms with van der Waals surface area (Å²) in [6.45, 7) is 2.46. The van der Waals surface area contributed by atoms with Crippen molar-refractivity contribution in [1.29, 1.82) is 0 Å². The van der Waals surface area contributed by atoms with E-state index < -0.39 is 10.7 Å². The Labute approximate surface area is 127 Å². The Morgan fingerprint density at radius 2 is 1.95 bits per heavy atom. The molecule has 0 saturated heterocycles. The molecule has 0 aliphatic heterocycles. The van der Waals surface area contributed by atoms with Crippen LogP contribution < -0.4 is 10.1 Å². The van der Waals surface area contributed by atoms with Gasteiger partial charge in [-0.05, 0) is 30.2 Å². The zero-order chi connectivity index (χ0) is 16.1. The highest BCUT2D eigenvalue weighted by atomic mass is 19.1. The lowest BCUT2D eigenvalue weighted by Crippen LogP contribution is -2.18. The molecule has 2 aromatic rings. The first-order valence-corrected chi connectivity index (χ1v) is 6.81. The average Bonchev–Trinajstić information content (AvgIpc) is 2.52. The van der Waals surface area contributed by atoms with Gasteiger partial charge < -0.3 is 10.1 Å². The van der Waals surface area contributed by atoms with Crippen molar-refractivity contribution in [3.05, 3.63) is 69.5 Å². The molecule has 5 nitrogen and oxygen atoms in total. The molecule has 2 rings (SSSR count). The minimum atomic E-state index is -0.431. The van der Waals surface area contributed by atoms with Crippen molar-refractivity contribution in [2.24, 2.45) is 0 Å². The molecule has 0 bridgehead atoms. The molecule has 0 heterocycles. The number of methoxy groups -OCH3 is 1. The van der Waals surface area contributed by atoms with Gasteiger partial charge in [-0.15, -0.1) is 0 Å². The summed E-state index contributed by atoms with van der Waals surface area (Å²) in [5, 5.41) is 13.8. The number of nitrogens with zero attached hydrogens (tertiary/aromatic N) is 1. The number of hydrogen-bond donors (Lipinski definition) is 1. The van der Waals surface area contributed by atoms with Crippen molar-refractivity contribution in [2.75, 3.05) is 7.11 Å². The van der Waals surface area contributed by atoms with E-state index >= 15 is 0 Å². The molecule has 0 aliphatic carbocycles. The van der Waals surface area contributed by atoms with Crippen LogP contribution in [0, 0.1) is 15.9 Å². The maximum atomic E-state index is 13.7. The van der Waals surface area contributed by atoms with E-state index in [0.29, 0.717) is 6.54 Å². The van der Waals surface area contributed by atoms with Gasteiger partial charge in [0.1, 0.15) is 0 Å². The molecule has 0 radical (unpaired) electrons. The summed E-state index contributed by atoms with van der Waals surface area (Å²) in [5.41, 5.74) is 1.79. The second-order valence-corrected chi connectivity index (χ2v) is 4.92. The first kappa shape index (κ1) is 15.9. The van der Waals surface area contributed by atoms with E-state index in [2.05, 4.69) is 5.32 Å². The number of nitrogens with one attached hydrogen (secondary N) is 1. The molecule has 2 aromatic carbocycles. The van der Waals surface area contributed by atoms with Gasteiger partial charge in [0.05, 0.1) is 12.0 Å². The molecule has 0 spiro atoms. The number of benzene rings is 2. The van der Waals surface area contributed by atoms with Gasteiger partial charge in [0.25, 0.3) is 5.69 Å². The van der Waals surface area contributed by atoms with Crippen LogP contribution in [0.2, 0.25) is 0 Å². The van der Waals surface area contributed by atoms with Gasteiger partial charge in [0.15, 0.2) is 11.6 Å². The maximum absolute atomic E-state index is 13.7. The van der Waals surface area contributed by atoms with E-state index in [1.54, 1.807) is 24.3 Å². The van der Waals surface area contributed by atoms with Crippen molar-refractivity contribution >= 4 is 5.69 Å². The molecule has 6 heteroatoms. The minimum absolute atomic E-state index is 0.0596. The fraction of sp³-hybridized carbons (Fsp3) is 0.250. The zero-order valence-electron chi connectivity index (χ0n) is 12.4. The fourth-order valence-electron chi connectivity index (χ4n) is 2.08. The Morgan fingerprint density at radius 1 is 1.27 bits per heavy atom. The number of non-ortho nitro benzene ring substituents is 1. The lowest BCUT2D eigenvalue weighted by atomic mass is 10.1. The highest BCUT2D eigenvalue weighted by Crippen LogP contribution is 2.22. The Morgan fingerprint density at radius 3 is 2.50 bits per heavy atom. The first-order chi connectivity index (χ1) is 10.5. The third-order valence-corrected chi connectivity index (χ3v) is 3.44. The Balaban J connectivity index is 1.98. The second kappa shape index (κ2) is 7.00. The van der Waals surface area contributed by atoms with Crippen molar-refractivity contribution in [2.45, 2.75) is 19.5 Å². The highest BCUT2D eigenvalue weighted by Gasteiger charge is 2.10. The number of hydrogen-bond acceptors (Lipinski definition) is 4. The average molecular weight is 304 g/mol. The summed E-state index contributed by atoms with van der Waals surface area (Å²) < 4.78 is 18.6. The lowest BCUT2D eigenvalue weighted by Gasteiger charge is -2.15. The molecule has 0 amide bonds. The van der Waals surface area contributed by atoms with Crippen LogP contribution in [-0.2, 0) is 6.54 Å². The minimum Gasteiger partial charge on any atom is -0.494 e. The van der Waals surface area contributed by atoms with Crippen molar-refractivity contribution < 1.29 is 14.1 Å². The van der Waals surface area contributed by atoms with Crippen LogP contribution in [0.15, 0.2) is 42.5 Å². The molecule has 0 aromatic heterocycles. The lowest BCUT2D eigenvalue weighted by molar-refractivity contribution is -0.384. The Hall–Kier alpha value is -2.47. The molecular weight excluding hydrogens is 287 g/mol. The number of nitro groups is 1. The summed E-state index contributed by atoms with van der Waals surface area (Å²) in [7, 11) is 1.42. The molecule has 0 unspecified atom stereocenters. The van der Waals surface area contributed by atoms with E-state index in [1.165, 1.54) is 25.3 Å². The van der Waals surface area contributed by atoms with Gasteiger partial charge in [-0.3, -0.25) is 10.1 Å². The summed E-state index contributed by atoms with van der Waals surface area (Å²) in [4.78, 5) is 10.2. The van der Waals surface area contributed by atoms with Gasteiger partial charge in [-0.2, -0.15) is 0 Å². The van der Waals surface area contributed by atoms with Crippen LogP contribution >= 0.6 is 0 Å². The molecule has 22 heavy (non-hydrogen) atoms. The molecule has 0 saturated carbocycles. The van der Waals surface area contributed by atoms with Crippen LogP contribution in [0.3, 0.4) is 0 Å². The van der Waals surface area contributed by atoms with Crippen molar-refractivity contribution in [3.8, 4) is 5.75 Å². The van der Waals surface area contributed by atoms with Crippen LogP contribution in [0.25, 0.3) is 0 Å². The maximum Gasteiger partial charge on any atom is 0.269 e. The Bertz CT molecular complexity index is 659. The molecule has 0 fully saturated rings. The third kappa shape index (κ3) is 3.79. The predicted octanol–water partition coefficient (Wildman–Crippen LogP) is 3.59. The number of halogens is 1. The standard InChI is InChI=1S/C16H17FN2O3/c1-11(13-5-8-16(22-2)15(17)9-13)18-10-12-3-6-14(7-4-12)19(20)21/h3-9,11,18H,10H2,1-2H3/t11-/m0/s1. The normalized spacial score (nSPS) is 12.0. The van der Waals surface area contributed by atoms with Crippen LogP contribution in [-0.4, -0.2) is 12.0 Å². The molecule has 0 aliphatic rings. The van der Waals surface area contributed by atoms with Gasteiger partial charge >= 0.3 is 0 Å². The smallest absolute Gasteiger partial charge is 0.269 e. The van der Waals surface area contributed by atoms with Gasteiger partial charge in [0.2, 0.25) is 0 Å². The Kier molecular flexibility index (Phi) is 5.06. The second-order valence-electron chi connectivity index (χ2n) is 4.92. The summed E-state index contributed by atoms with van der Waals surface area (Å²) >= 11 is 0. The number of ether oxygens (including phenoxy) is 1. The SMILES string of the molecule is COc1ccc([C@H](C)NCc2ccc([N+](=O)[O-])cc2)cc1F. The summed E-state index contributed by atoms with van der Waals surface area (Å²) in [6, 6.07) is 11.1. The van der Waals surface area contributed by atoms with E-state index in [9.17, 15) is 14.5 Å². The predicted molar refractivity (Wildman–Crippen MR) is 81.3 cm³/mol.